The van der Waals surface area contributed by atoms with E-state index in [2.05, 4.69) is 74.2 Å². The van der Waals surface area contributed by atoms with E-state index in [1.165, 1.54) is 49.8 Å². The van der Waals surface area contributed by atoms with Crippen molar-refractivity contribution in [2.24, 2.45) is 22.9 Å². The molecule has 11 heteroatoms. The van der Waals surface area contributed by atoms with Crippen LogP contribution < -0.4 is 9.47 Å². The maximum atomic E-state index is 15.2. The first-order valence-corrected chi connectivity index (χ1v) is 27.8. The van der Waals surface area contributed by atoms with Gasteiger partial charge in [-0.05, 0) is 96.2 Å². The Balaban J connectivity index is 1.29. The summed E-state index contributed by atoms with van der Waals surface area (Å²) in [7, 11) is 1.58. The Morgan fingerprint density at radius 1 is 0.845 bits per heavy atom. The maximum Gasteiger partial charge on any atom is 0.410 e. The molecule has 1 heterocycles. The number of nitrogens with zero attached hydrogens (tertiary/aromatic N) is 2. The van der Waals surface area contributed by atoms with Gasteiger partial charge in [-0.3, -0.25) is 4.90 Å². The molecule has 0 radical (unpaired) electrons. The van der Waals surface area contributed by atoms with E-state index < -0.39 is 23.8 Å². The zero-order valence-corrected chi connectivity index (χ0v) is 43.3. The van der Waals surface area contributed by atoms with E-state index in [0.29, 0.717) is 31.8 Å². The third-order valence-electron chi connectivity index (χ3n) is 14.8. The number of aliphatic hydroxyl groups excluding tert-OH is 2. The number of fused-ring (bicyclic) bond motifs is 3. The lowest BCUT2D eigenvalue weighted by Gasteiger charge is -2.59. The molecule has 4 aromatic rings. The summed E-state index contributed by atoms with van der Waals surface area (Å²) >= 11 is 1.76. The maximum absolute atomic E-state index is 15.2. The Bertz CT molecular complexity index is 2320. The van der Waals surface area contributed by atoms with Crippen molar-refractivity contribution >= 4 is 34.3 Å². The number of hydrogen-bond donors (Lipinski definition) is 2. The third kappa shape index (κ3) is 14.0. The van der Waals surface area contributed by atoms with Crippen LogP contribution in [0.1, 0.15) is 133 Å². The first-order valence-electron chi connectivity index (χ1n) is 26.8. The van der Waals surface area contributed by atoms with Crippen molar-refractivity contribution in [1.29, 1.82) is 0 Å². The van der Waals surface area contributed by atoms with Crippen molar-refractivity contribution in [3.63, 3.8) is 0 Å². The average Bonchev–Trinajstić information content (AvgIpc) is 3.39. The number of hydrogen-bond acceptors (Lipinski definition) is 10. The fourth-order valence-electron chi connectivity index (χ4n) is 11.4. The number of rotatable bonds is 31. The zero-order valence-electron chi connectivity index (χ0n) is 42.5. The lowest BCUT2D eigenvalue weighted by atomic mass is 9.55. The number of carbonyl (C=O) groups is 1. The van der Waals surface area contributed by atoms with Crippen LogP contribution in [0.3, 0.4) is 0 Å². The summed E-state index contributed by atoms with van der Waals surface area (Å²) in [6.45, 7) is 7.85. The Kier molecular flexibility index (Phi) is 21.6. The average molecular weight is 989 g/mol. The smallest absolute Gasteiger partial charge is 0.410 e. The highest BCUT2D eigenvalue weighted by Gasteiger charge is 2.65. The molecule has 7 rings (SSSR count). The Hall–Kier alpha value is -4.81. The molecular formula is C60H80N2O8S. The van der Waals surface area contributed by atoms with Crippen LogP contribution in [0.25, 0.3) is 10.8 Å². The van der Waals surface area contributed by atoms with Crippen LogP contribution in [-0.2, 0) is 20.9 Å². The summed E-state index contributed by atoms with van der Waals surface area (Å²) in [5.41, 5.74) is 3.74. The summed E-state index contributed by atoms with van der Waals surface area (Å²) < 4.78 is 27.7. The number of unbranched alkanes of at least 4 members (excludes halogenated alkanes) is 11. The minimum absolute atomic E-state index is 0.0876. The number of allylic oxidation sites excluding steroid dienone is 1. The predicted molar refractivity (Wildman–Crippen MR) is 287 cm³/mol. The third-order valence-corrected chi connectivity index (χ3v) is 15.7. The zero-order chi connectivity index (χ0) is 49.7. The molecule has 10 nitrogen and oxygen atoms in total. The van der Waals surface area contributed by atoms with Gasteiger partial charge in [0.15, 0.2) is 0 Å². The van der Waals surface area contributed by atoms with Crippen LogP contribution in [0.5, 0.6) is 11.5 Å². The number of benzene rings is 4. The van der Waals surface area contributed by atoms with Crippen molar-refractivity contribution in [3.05, 3.63) is 126 Å². The lowest BCUT2D eigenvalue weighted by Crippen LogP contribution is -2.70. The second-order valence-corrected chi connectivity index (χ2v) is 20.7. The molecule has 1 saturated carbocycles. The van der Waals surface area contributed by atoms with Crippen molar-refractivity contribution in [2.45, 2.75) is 145 Å². The molecule has 1 fully saturated rings. The number of thioether (sulfide) groups is 1. The Morgan fingerprint density at radius 2 is 1.56 bits per heavy atom. The van der Waals surface area contributed by atoms with E-state index >= 15 is 4.79 Å². The largest absolute Gasteiger partial charge is 0.493 e. The highest BCUT2D eigenvalue weighted by Crippen LogP contribution is 2.62. The second kappa shape index (κ2) is 28.4. The number of amides is 1. The SMILES string of the molecule is C=CCO[C@@]12Oc3ccc(OCCSc4ccccc4)cc3[C@H]3[C@H](CCCCO)[C@@H](CCCCO)C=C(C(=NOC)C[C@@H]1N(Cc1cccc4ccccc14)C(=O)OCCCCCCCCCCCC)[C@H]32. The van der Waals surface area contributed by atoms with Crippen LogP contribution in [0.15, 0.2) is 125 Å². The number of oxime groups is 1. The summed E-state index contributed by atoms with van der Waals surface area (Å²) in [6, 6.07) is 30.3. The van der Waals surface area contributed by atoms with Crippen LogP contribution in [0, 0.1) is 17.8 Å². The molecule has 1 amide bonds. The van der Waals surface area contributed by atoms with Crippen molar-refractivity contribution < 1.29 is 38.8 Å². The second-order valence-electron chi connectivity index (χ2n) is 19.5. The quantitative estimate of drug-likeness (QED) is 0.0220. The molecule has 0 saturated heterocycles. The molecule has 0 spiro atoms. The van der Waals surface area contributed by atoms with Gasteiger partial charge in [0.2, 0.25) is 5.79 Å². The normalized spacial score (nSPS) is 21.7. The van der Waals surface area contributed by atoms with Crippen LogP contribution in [-0.4, -0.2) is 84.6 Å². The summed E-state index contributed by atoms with van der Waals surface area (Å²) in [5, 5.41) is 27.0. The van der Waals surface area contributed by atoms with Crippen LogP contribution in [0.2, 0.25) is 0 Å². The van der Waals surface area contributed by atoms with Gasteiger partial charge in [0.1, 0.15) is 24.7 Å². The topological polar surface area (TPSA) is 119 Å². The van der Waals surface area contributed by atoms with Gasteiger partial charge in [-0.25, -0.2) is 4.79 Å². The van der Waals surface area contributed by atoms with Crippen LogP contribution >= 0.6 is 11.8 Å². The highest BCUT2D eigenvalue weighted by molar-refractivity contribution is 7.99. The molecule has 2 aliphatic carbocycles. The van der Waals surface area contributed by atoms with Crippen LogP contribution in [0.4, 0.5) is 4.79 Å². The molecular weight excluding hydrogens is 909 g/mol. The standard InChI is InChI=1S/C60H80N2O8S/c1-4-6-7-8-9-10-11-12-13-23-38-68-59(65)62(44-47-28-24-27-45-25-17-18-31-50(45)47)56-43-54(61-66-3)52-41-46(26-19-21-35-63)51(32-20-22-36-64)57-53-42-48(67-39-40-71-49-29-15-14-16-30-49)33-34-55(53)70-60(56,58(52)57)69-37-5-2/h5,14-18,24-25,27-31,33-34,41-42,46,51,56-58,63-64H,2,4,6-13,19-23,26,32,35-40,43-44H2,1,3H3/t46-,51+,56-,57+,58+,60+/m0/s1. The van der Waals surface area contributed by atoms with Gasteiger partial charge in [-0.2, -0.15) is 0 Å². The molecule has 384 valence electrons. The van der Waals surface area contributed by atoms with Gasteiger partial charge < -0.3 is 34.0 Å². The molecule has 0 aromatic heterocycles. The molecule has 0 unspecified atom stereocenters. The molecule has 3 aliphatic rings. The summed E-state index contributed by atoms with van der Waals surface area (Å²) in [4.78, 5) is 24.0. The van der Waals surface area contributed by atoms with E-state index in [1.807, 2.05) is 41.3 Å². The Morgan fingerprint density at radius 3 is 2.31 bits per heavy atom. The fraction of sp³-hybridized carbons (Fsp3) is 0.533. The molecule has 4 aromatic carbocycles. The van der Waals surface area contributed by atoms with E-state index in [1.54, 1.807) is 24.9 Å². The minimum atomic E-state index is -1.41. The van der Waals surface area contributed by atoms with E-state index in [9.17, 15) is 10.2 Å². The van der Waals surface area contributed by atoms with Crippen molar-refractivity contribution in [2.75, 3.05) is 45.9 Å². The van der Waals surface area contributed by atoms with Gasteiger partial charge in [0.05, 0.1) is 38.0 Å². The molecule has 6 atom stereocenters. The number of aliphatic hydroxyl groups is 2. The van der Waals surface area contributed by atoms with Gasteiger partial charge in [-0.1, -0.05) is 156 Å². The van der Waals surface area contributed by atoms with Gasteiger partial charge >= 0.3 is 6.09 Å². The first-order chi connectivity index (χ1) is 35.0. The van der Waals surface area contributed by atoms with Gasteiger partial charge in [0, 0.05) is 41.8 Å². The number of carbonyl (C=O) groups excluding carboxylic acids is 1. The minimum Gasteiger partial charge on any atom is -0.493 e. The fourth-order valence-corrected chi connectivity index (χ4v) is 12.2. The summed E-state index contributed by atoms with van der Waals surface area (Å²) in [5.74, 6) is 0.406. The summed E-state index contributed by atoms with van der Waals surface area (Å²) in [6.07, 6.45) is 20.6. The molecule has 2 N–H and O–H groups in total. The number of ether oxygens (including phenoxy) is 4. The van der Waals surface area contributed by atoms with Gasteiger partial charge in [0.25, 0.3) is 0 Å². The lowest BCUT2D eigenvalue weighted by molar-refractivity contribution is -0.256. The van der Waals surface area contributed by atoms with Crippen molar-refractivity contribution in [1.82, 2.24) is 4.90 Å². The Labute approximate surface area is 428 Å². The molecule has 1 aliphatic heterocycles. The van der Waals surface area contributed by atoms with E-state index in [-0.39, 0.29) is 50.5 Å². The van der Waals surface area contributed by atoms with Crippen molar-refractivity contribution in [3.8, 4) is 11.5 Å². The molecule has 71 heavy (non-hydrogen) atoms. The first kappa shape index (κ1) is 54.0. The van der Waals surface area contributed by atoms with E-state index in [0.717, 1.165) is 89.6 Å². The molecule has 0 bridgehead atoms. The predicted octanol–water partition coefficient (Wildman–Crippen LogP) is 13.8. The highest BCUT2D eigenvalue weighted by atomic mass is 32.2. The monoisotopic (exact) mass is 989 g/mol. The van der Waals surface area contributed by atoms with Gasteiger partial charge in [-0.15, -0.1) is 18.3 Å². The van der Waals surface area contributed by atoms with E-state index in [4.69, 9.17) is 28.9 Å².